The van der Waals surface area contributed by atoms with Gasteiger partial charge in [-0.25, -0.2) is 0 Å². The zero-order valence-electron chi connectivity index (χ0n) is 11.0. The Bertz CT molecular complexity index is 417. The lowest BCUT2D eigenvalue weighted by molar-refractivity contribution is -0.146. The van der Waals surface area contributed by atoms with Crippen LogP contribution in [0, 0.1) is 20.8 Å². The van der Waals surface area contributed by atoms with Gasteiger partial charge >= 0.3 is 5.97 Å². The second-order valence-electron chi connectivity index (χ2n) is 4.87. The summed E-state index contributed by atoms with van der Waals surface area (Å²) in [4.78, 5) is 11.8. The number of carbonyl (C=O) groups excluding carboxylic acids is 1. The molecule has 0 saturated carbocycles. The quantitative estimate of drug-likeness (QED) is 0.716. The average Bonchev–Trinajstić information content (AvgIpc) is 2.21. The van der Waals surface area contributed by atoms with Crippen LogP contribution in [-0.2, 0) is 14.9 Å². The van der Waals surface area contributed by atoms with Gasteiger partial charge in [0, 0.05) is 0 Å². The predicted octanol–water partition coefficient (Wildman–Crippen LogP) is 3.06. The van der Waals surface area contributed by atoms with Crippen molar-refractivity contribution in [1.82, 2.24) is 0 Å². The SMILES string of the molecule is COC(=O)C(C)(C)c1cc(C)c(C)cc1C. The van der Waals surface area contributed by atoms with E-state index in [0.29, 0.717) is 0 Å². The molecule has 16 heavy (non-hydrogen) atoms. The zero-order chi connectivity index (χ0) is 12.5. The van der Waals surface area contributed by atoms with Gasteiger partial charge in [0.2, 0.25) is 0 Å². The van der Waals surface area contributed by atoms with Crippen molar-refractivity contribution in [2.45, 2.75) is 40.0 Å². The van der Waals surface area contributed by atoms with Crippen LogP contribution < -0.4 is 0 Å². The van der Waals surface area contributed by atoms with Crippen molar-refractivity contribution in [2.75, 3.05) is 7.11 Å². The normalized spacial score (nSPS) is 11.4. The topological polar surface area (TPSA) is 26.3 Å². The Hall–Kier alpha value is -1.31. The molecule has 1 aromatic carbocycles. The molecule has 2 heteroatoms. The molecule has 2 nitrogen and oxygen atoms in total. The molecule has 0 fully saturated rings. The van der Waals surface area contributed by atoms with Crippen LogP contribution in [0.5, 0.6) is 0 Å². The molecule has 0 N–H and O–H groups in total. The Morgan fingerprint density at radius 1 is 1.06 bits per heavy atom. The van der Waals surface area contributed by atoms with Crippen molar-refractivity contribution < 1.29 is 9.53 Å². The summed E-state index contributed by atoms with van der Waals surface area (Å²) >= 11 is 0. The molecule has 0 bridgehead atoms. The highest BCUT2D eigenvalue weighted by Gasteiger charge is 2.32. The Labute approximate surface area is 97.6 Å². The Kier molecular flexibility index (Phi) is 3.41. The second kappa shape index (κ2) is 4.28. The number of methoxy groups -OCH3 is 1. The number of hydrogen-bond acceptors (Lipinski definition) is 2. The van der Waals surface area contributed by atoms with Crippen LogP contribution >= 0.6 is 0 Å². The summed E-state index contributed by atoms with van der Waals surface area (Å²) in [6.07, 6.45) is 0. The minimum Gasteiger partial charge on any atom is -0.468 e. The van der Waals surface area contributed by atoms with E-state index in [1.54, 1.807) is 0 Å². The number of benzene rings is 1. The van der Waals surface area contributed by atoms with Gasteiger partial charge in [-0.3, -0.25) is 4.79 Å². The summed E-state index contributed by atoms with van der Waals surface area (Å²) in [5, 5.41) is 0. The standard InChI is InChI=1S/C14H20O2/c1-9-7-11(3)12(8-10(9)2)14(4,5)13(15)16-6/h7-8H,1-6H3. The van der Waals surface area contributed by atoms with E-state index in [9.17, 15) is 4.79 Å². The smallest absolute Gasteiger partial charge is 0.315 e. The van der Waals surface area contributed by atoms with Crippen LogP contribution in [0.15, 0.2) is 12.1 Å². The lowest BCUT2D eigenvalue weighted by Gasteiger charge is -2.25. The van der Waals surface area contributed by atoms with Crippen LogP contribution in [0.25, 0.3) is 0 Å². The first-order valence-corrected chi connectivity index (χ1v) is 5.47. The van der Waals surface area contributed by atoms with Crippen LogP contribution in [-0.4, -0.2) is 13.1 Å². The first-order valence-electron chi connectivity index (χ1n) is 5.47. The van der Waals surface area contributed by atoms with Crippen molar-refractivity contribution in [3.63, 3.8) is 0 Å². The van der Waals surface area contributed by atoms with Gasteiger partial charge in [0.25, 0.3) is 0 Å². The largest absolute Gasteiger partial charge is 0.468 e. The third-order valence-corrected chi connectivity index (χ3v) is 3.21. The molecule has 0 aromatic heterocycles. The van der Waals surface area contributed by atoms with Crippen molar-refractivity contribution >= 4 is 5.97 Å². The van der Waals surface area contributed by atoms with E-state index in [-0.39, 0.29) is 5.97 Å². The predicted molar refractivity (Wildman–Crippen MR) is 65.7 cm³/mol. The van der Waals surface area contributed by atoms with E-state index < -0.39 is 5.41 Å². The van der Waals surface area contributed by atoms with Crippen LogP contribution in [0.2, 0.25) is 0 Å². The highest BCUT2D eigenvalue weighted by molar-refractivity contribution is 5.82. The van der Waals surface area contributed by atoms with Crippen molar-refractivity contribution in [3.05, 3.63) is 34.4 Å². The summed E-state index contributed by atoms with van der Waals surface area (Å²) in [5.74, 6) is -0.196. The van der Waals surface area contributed by atoms with E-state index in [0.717, 1.165) is 11.1 Å². The van der Waals surface area contributed by atoms with Gasteiger partial charge in [0.05, 0.1) is 12.5 Å². The molecule has 0 aliphatic rings. The Morgan fingerprint density at radius 3 is 2.06 bits per heavy atom. The number of ether oxygens (including phenoxy) is 1. The summed E-state index contributed by atoms with van der Waals surface area (Å²) in [7, 11) is 1.43. The molecule has 0 spiro atoms. The van der Waals surface area contributed by atoms with Gasteiger partial charge in [-0.05, 0) is 56.9 Å². The number of esters is 1. The monoisotopic (exact) mass is 220 g/mol. The molecule has 1 rings (SSSR count). The minimum atomic E-state index is -0.586. The van der Waals surface area contributed by atoms with Gasteiger partial charge in [-0.1, -0.05) is 12.1 Å². The molecule has 88 valence electrons. The van der Waals surface area contributed by atoms with Crippen LogP contribution in [0.1, 0.15) is 36.1 Å². The van der Waals surface area contributed by atoms with Crippen molar-refractivity contribution in [2.24, 2.45) is 0 Å². The average molecular weight is 220 g/mol. The van der Waals surface area contributed by atoms with E-state index in [1.807, 2.05) is 20.8 Å². The van der Waals surface area contributed by atoms with Gasteiger partial charge < -0.3 is 4.74 Å². The Morgan fingerprint density at radius 2 is 1.56 bits per heavy atom. The van der Waals surface area contributed by atoms with E-state index in [1.165, 1.54) is 18.2 Å². The molecule has 0 unspecified atom stereocenters. The number of aryl methyl sites for hydroxylation is 3. The first-order chi connectivity index (χ1) is 7.30. The fourth-order valence-electron chi connectivity index (χ4n) is 2.00. The highest BCUT2D eigenvalue weighted by Crippen LogP contribution is 2.29. The van der Waals surface area contributed by atoms with Crippen molar-refractivity contribution in [3.8, 4) is 0 Å². The zero-order valence-corrected chi connectivity index (χ0v) is 11.0. The van der Waals surface area contributed by atoms with E-state index in [2.05, 4.69) is 26.0 Å². The highest BCUT2D eigenvalue weighted by atomic mass is 16.5. The maximum Gasteiger partial charge on any atom is 0.315 e. The van der Waals surface area contributed by atoms with Gasteiger partial charge in [0.1, 0.15) is 0 Å². The van der Waals surface area contributed by atoms with Gasteiger partial charge in [-0.15, -0.1) is 0 Å². The van der Waals surface area contributed by atoms with E-state index in [4.69, 9.17) is 4.74 Å². The minimum absolute atomic E-state index is 0.196. The van der Waals surface area contributed by atoms with Gasteiger partial charge in [0.15, 0.2) is 0 Å². The number of hydrogen-bond donors (Lipinski definition) is 0. The molecule has 0 radical (unpaired) electrons. The third kappa shape index (κ3) is 2.11. The summed E-state index contributed by atoms with van der Waals surface area (Å²) < 4.78 is 4.86. The van der Waals surface area contributed by atoms with Crippen LogP contribution in [0.4, 0.5) is 0 Å². The summed E-state index contributed by atoms with van der Waals surface area (Å²) in [6.45, 7) is 9.97. The Balaban J connectivity index is 3.33. The lowest BCUT2D eigenvalue weighted by atomic mass is 9.80. The second-order valence-corrected chi connectivity index (χ2v) is 4.87. The molecule has 0 amide bonds. The maximum atomic E-state index is 11.8. The molecular weight excluding hydrogens is 200 g/mol. The molecule has 0 heterocycles. The summed E-state index contributed by atoms with van der Waals surface area (Å²) in [6, 6.07) is 4.21. The van der Waals surface area contributed by atoms with Gasteiger partial charge in [-0.2, -0.15) is 0 Å². The molecular formula is C14H20O2. The number of carbonyl (C=O) groups is 1. The molecule has 0 aliphatic carbocycles. The third-order valence-electron chi connectivity index (χ3n) is 3.21. The molecule has 1 aromatic rings. The fourth-order valence-corrected chi connectivity index (χ4v) is 2.00. The molecule has 0 saturated heterocycles. The van der Waals surface area contributed by atoms with Crippen LogP contribution in [0.3, 0.4) is 0 Å². The first kappa shape index (κ1) is 12.8. The fraction of sp³-hybridized carbons (Fsp3) is 0.500. The lowest BCUT2D eigenvalue weighted by Crippen LogP contribution is -2.31. The summed E-state index contributed by atoms with van der Waals surface area (Å²) in [5.41, 5.74) is 4.05. The van der Waals surface area contributed by atoms with E-state index >= 15 is 0 Å². The maximum absolute atomic E-state index is 11.8. The molecule has 0 aliphatic heterocycles. The molecule has 0 atom stereocenters. The van der Waals surface area contributed by atoms with Crippen molar-refractivity contribution in [1.29, 1.82) is 0 Å². The number of rotatable bonds is 2.